The standard InChI is InChI=1S/C19H21N3O2/c20-17-9-11-22(13-17)19(23)8-5-15-3-6-18(7-4-15)24-14-16-2-1-10-21-12-16/h1-8,10,12,17H,9,11,13-14,20H2. The molecule has 124 valence electrons. The van der Waals surface area contributed by atoms with Gasteiger partial charge in [0.2, 0.25) is 5.91 Å². The van der Waals surface area contributed by atoms with Gasteiger partial charge < -0.3 is 15.4 Å². The van der Waals surface area contributed by atoms with E-state index >= 15 is 0 Å². The van der Waals surface area contributed by atoms with Crippen LogP contribution in [0.1, 0.15) is 17.5 Å². The smallest absolute Gasteiger partial charge is 0.246 e. The van der Waals surface area contributed by atoms with E-state index in [-0.39, 0.29) is 11.9 Å². The number of nitrogens with two attached hydrogens (primary N) is 1. The molecule has 1 aromatic carbocycles. The first-order chi connectivity index (χ1) is 11.7. The molecule has 0 bridgehead atoms. The number of likely N-dealkylation sites (tertiary alicyclic amines) is 1. The second-order valence-electron chi connectivity index (χ2n) is 5.89. The maximum atomic E-state index is 12.0. The lowest BCUT2D eigenvalue weighted by Crippen LogP contribution is -2.30. The topological polar surface area (TPSA) is 68.5 Å². The van der Waals surface area contributed by atoms with Gasteiger partial charge in [0.15, 0.2) is 0 Å². The largest absolute Gasteiger partial charge is 0.489 e. The maximum absolute atomic E-state index is 12.0. The molecule has 1 aliphatic heterocycles. The molecule has 0 aliphatic carbocycles. The van der Waals surface area contributed by atoms with Crippen molar-refractivity contribution in [3.05, 3.63) is 66.0 Å². The van der Waals surface area contributed by atoms with Crippen LogP contribution in [-0.4, -0.2) is 34.9 Å². The van der Waals surface area contributed by atoms with Crippen molar-refractivity contribution in [2.24, 2.45) is 5.73 Å². The van der Waals surface area contributed by atoms with Gasteiger partial charge in [-0.05, 0) is 36.3 Å². The van der Waals surface area contributed by atoms with Crippen LogP contribution in [0.3, 0.4) is 0 Å². The van der Waals surface area contributed by atoms with Gasteiger partial charge in [0.05, 0.1) is 0 Å². The Hall–Kier alpha value is -2.66. The summed E-state index contributed by atoms with van der Waals surface area (Å²) in [4.78, 5) is 17.9. The van der Waals surface area contributed by atoms with Crippen LogP contribution in [0.15, 0.2) is 54.9 Å². The summed E-state index contributed by atoms with van der Waals surface area (Å²) < 4.78 is 5.71. The Morgan fingerprint density at radius 3 is 2.83 bits per heavy atom. The minimum atomic E-state index is 0.0138. The van der Waals surface area contributed by atoms with E-state index in [2.05, 4.69) is 4.98 Å². The van der Waals surface area contributed by atoms with Gasteiger partial charge in [-0.25, -0.2) is 0 Å². The molecule has 2 aromatic rings. The van der Waals surface area contributed by atoms with Gasteiger partial charge >= 0.3 is 0 Å². The molecule has 3 rings (SSSR count). The summed E-state index contributed by atoms with van der Waals surface area (Å²) >= 11 is 0. The van der Waals surface area contributed by atoms with Crippen LogP contribution in [-0.2, 0) is 11.4 Å². The van der Waals surface area contributed by atoms with Crippen molar-refractivity contribution in [2.45, 2.75) is 19.1 Å². The third-order valence-electron chi connectivity index (χ3n) is 3.96. The molecule has 5 nitrogen and oxygen atoms in total. The molecule has 2 heterocycles. The second kappa shape index (κ2) is 7.75. The zero-order valence-corrected chi connectivity index (χ0v) is 13.5. The Morgan fingerprint density at radius 1 is 1.33 bits per heavy atom. The average molecular weight is 323 g/mol. The first-order valence-electron chi connectivity index (χ1n) is 8.05. The summed E-state index contributed by atoms with van der Waals surface area (Å²) in [6.45, 7) is 1.87. The van der Waals surface area contributed by atoms with Crippen LogP contribution in [0.5, 0.6) is 5.75 Å². The number of amides is 1. The van der Waals surface area contributed by atoms with Crippen molar-refractivity contribution in [1.82, 2.24) is 9.88 Å². The van der Waals surface area contributed by atoms with Gasteiger partial charge in [-0.2, -0.15) is 0 Å². The molecular formula is C19H21N3O2. The number of aromatic nitrogens is 1. The molecule has 0 saturated carbocycles. The minimum absolute atomic E-state index is 0.0138. The molecule has 24 heavy (non-hydrogen) atoms. The maximum Gasteiger partial charge on any atom is 0.246 e. The lowest BCUT2D eigenvalue weighted by Gasteiger charge is -2.12. The first kappa shape index (κ1) is 16.2. The van der Waals surface area contributed by atoms with Crippen LogP contribution in [0, 0.1) is 0 Å². The van der Waals surface area contributed by atoms with E-state index in [1.54, 1.807) is 23.4 Å². The second-order valence-corrected chi connectivity index (χ2v) is 5.89. The minimum Gasteiger partial charge on any atom is -0.489 e. The van der Waals surface area contributed by atoms with Crippen LogP contribution in [0.2, 0.25) is 0 Å². The van der Waals surface area contributed by atoms with Gasteiger partial charge in [-0.15, -0.1) is 0 Å². The molecule has 1 fully saturated rings. The van der Waals surface area contributed by atoms with Crippen LogP contribution >= 0.6 is 0 Å². The van der Waals surface area contributed by atoms with E-state index < -0.39 is 0 Å². The van der Waals surface area contributed by atoms with Crippen molar-refractivity contribution >= 4 is 12.0 Å². The third-order valence-corrected chi connectivity index (χ3v) is 3.96. The van der Waals surface area contributed by atoms with E-state index in [1.807, 2.05) is 42.5 Å². The number of hydrogen-bond donors (Lipinski definition) is 1. The zero-order valence-electron chi connectivity index (χ0n) is 13.5. The predicted octanol–water partition coefficient (Wildman–Crippen LogP) is 2.23. The lowest BCUT2D eigenvalue weighted by atomic mass is 10.2. The predicted molar refractivity (Wildman–Crippen MR) is 93.2 cm³/mol. The number of hydrogen-bond acceptors (Lipinski definition) is 4. The zero-order chi connectivity index (χ0) is 16.8. The lowest BCUT2D eigenvalue weighted by molar-refractivity contribution is -0.124. The van der Waals surface area contributed by atoms with Gasteiger partial charge in [0, 0.05) is 43.2 Å². The molecule has 1 amide bonds. The van der Waals surface area contributed by atoms with Crippen molar-refractivity contribution < 1.29 is 9.53 Å². The van der Waals surface area contributed by atoms with E-state index in [4.69, 9.17) is 10.5 Å². The van der Waals surface area contributed by atoms with Crippen molar-refractivity contribution in [1.29, 1.82) is 0 Å². The number of rotatable bonds is 5. The summed E-state index contributed by atoms with van der Waals surface area (Å²) in [7, 11) is 0. The van der Waals surface area contributed by atoms with Gasteiger partial charge in [-0.1, -0.05) is 18.2 Å². The molecule has 1 unspecified atom stereocenters. The molecule has 2 N–H and O–H groups in total. The molecular weight excluding hydrogens is 302 g/mol. The van der Waals surface area contributed by atoms with Crippen molar-refractivity contribution in [3.8, 4) is 5.75 Å². The Labute approximate surface area is 141 Å². The van der Waals surface area contributed by atoms with Crippen LogP contribution < -0.4 is 10.5 Å². The van der Waals surface area contributed by atoms with Crippen molar-refractivity contribution in [3.63, 3.8) is 0 Å². The Morgan fingerprint density at radius 2 is 2.17 bits per heavy atom. The molecule has 1 saturated heterocycles. The van der Waals surface area contributed by atoms with Crippen LogP contribution in [0.25, 0.3) is 6.08 Å². The number of carbonyl (C=O) groups excluding carboxylic acids is 1. The third kappa shape index (κ3) is 4.43. The van der Waals surface area contributed by atoms with E-state index in [1.165, 1.54) is 0 Å². The molecule has 5 heteroatoms. The number of benzene rings is 1. The fourth-order valence-electron chi connectivity index (χ4n) is 2.59. The number of pyridine rings is 1. The highest BCUT2D eigenvalue weighted by atomic mass is 16.5. The summed E-state index contributed by atoms with van der Waals surface area (Å²) in [6, 6.07) is 11.6. The summed E-state index contributed by atoms with van der Waals surface area (Å²) in [6.07, 6.45) is 7.82. The highest BCUT2D eigenvalue weighted by Gasteiger charge is 2.21. The molecule has 1 atom stereocenters. The number of nitrogens with zero attached hydrogens (tertiary/aromatic N) is 2. The highest BCUT2D eigenvalue weighted by Crippen LogP contribution is 2.15. The Kier molecular flexibility index (Phi) is 5.23. The monoisotopic (exact) mass is 323 g/mol. The molecule has 1 aliphatic rings. The molecule has 0 spiro atoms. The molecule has 0 radical (unpaired) electrons. The summed E-state index contributed by atoms with van der Waals surface area (Å²) in [5.74, 6) is 0.799. The number of ether oxygens (including phenoxy) is 1. The first-order valence-corrected chi connectivity index (χ1v) is 8.05. The van der Waals surface area contributed by atoms with E-state index in [0.717, 1.165) is 29.8 Å². The van der Waals surface area contributed by atoms with Gasteiger partial charge in [0.1, 0.15) is 12.4 Å². The fourth-order valence-corrected chi connectivity index (χ4v) is 2.59. The summed E-state index contributed by atoms with van der Waals surface area (Å²) in [5, 5.41) is 0. The SMILES string of the molecule is NC1CCN(C(=O)C=Cc2ccc(OCc3cccnc3)cc2)C1. The molecule has 1 aromatic heterocycles. The van der Waals surface area contributed by atoms with Gasteiger partial charge in [0.25, 0.3) is 0 Å². The Bertz CT molecular complexity index is 698. The average Bonchev–Trinajstić information content (AvgIpc) is 3.06. The fraction of sp³-hybridized carbons (Fsp3) is 0.263. The highest BCUT2D eigenvalue weighted by molar-refractivity contribution is 5.92. The van der Waals surface area contributed by atoms with Crippen molar-refractivity contribution in [2.75, 3.05) is 13.1 Å². The van der Waals surface area contributed by atoms with E-state index in [0.29, 0.717) is 13.2 Å². The van der Waals surface area contributed by atoms with Gasteiger partial charge in [-0.3, -0.25) is 9.78 Å². The Balaban J connectivity index is 1.52. The summed E-state index contributed by atoms with van der Waals surface area (Å²) in [5.41, 5.74) is 7.80. The number of carbonyl (C=O) groups is 1. The normalized spacial score (nSPS) is 17.4. The van der Waals surface area contributed by atoms with Crippen LogP contribution in [0.4, 0.5) is 0 Å². The quantitative estimate of drug-likeness (QED) is 0.857. The van der Waals surface area contributed by atoms with E-state index in [9.17, 15) is 4.79 Å².